The first-order valence-electron chi connectivity index (χ1n) is 10.2. The zero-order valence-corrected chi connectivity index (χ0v) is 17.0. The predicted molar refractivity (Wildman–Crippen MR) is 114 cm³/mol. The van der Waals surface area contributed by atoms with E-state index in [0.29, 0.717) is 31.6 Å². The lowest BCUT2D eigenvalue weighted by Crippen LogP contribution is -2.47. The molecule has 0 aromatic heterocycles. The summed E-state index contributed by atoms with van der Waals surface area (Å²) in [6, 6.07) is 13.4. The van der Waals surface area contributed by atoms with Crippen LogP contribution in [0.1, 0.15) is 25.7 Å². The van der Waals surface area contributed by atoms with E-state index >= 15 is 0 Å². The van der Waals surface area contributed by atoms with Crippen molar-refractivity contribution in [3.05, 3.63) is 53.7 Å². The quantitative estimate of drug-likeness (QED) is 0.702. The van der Waals surface area contributed by atoms with Gasteiger partial charge in [-0.15, -0.1) is 0 Å². The minimum Gasteiger partial charge on any atom is -0.343 e. The number of nitrogens with zero attached hydrogens (tertiary/aromatic N) is 3. The van der Waals surface area contributed by atoms with Crippen LogP contribution in [0.5, 0.6) is 0 Å². The number of guanidine groups is 1. The Hall–Kier alpha value is -3.07. The fourth-order valence-electron chi connectivity index (χ4n) is 3.93. The molecule has 4 rings (SSSR count). The van der Waals surface area contributed by atoms with Crippen LogP contribution in [0, 0.1) is 0 Å². The van der Waals surface area contributed by atoms with E-state index in [1.165, 1.54) is 0 Å². The molecule has 0 unspecified atom stereocenters. The molecule has 3 N–H and O–H groups in total. The van der Waals surface area contributed by atoms with E-state index < -0.39 is 18.3 Å². The first-order chi connectivity index (χ1) is 14.8. The average molecular weight is 431 g/mol. The number of nitrogens with one attached hydrogen (secondary N) is 1. The molecule has 6 nitrogen and oxygen atoms in total. The third-order valence-electron chi connectivity index (χ3n) is 5.55. The van der Waals surface area contributed by atoms with E-state index in [1.807, 2.05) is 42.5 Å². The largest absolute Gasteiger partial charge is 0.416 e. The number of nitrogens with two attached hydrogens (primary N) is 1. The molecule has 2 heterocycles. The molecule has 2 aromatic rings. The summed E-state index contributed by atoms with van der Waals surface area (Å²) in [4.78, 5) is 17.7. The molecule has 2 aliphatic rings. The Morgan fingerprint density at radius 2 is 1.90 bits per heavy atom. The maximum absolute atomic E-state index is 13.6. The summed E-state index contributed by atoms with van der Waals surface area (Å²) in [5.74, 6) is 6.11. The van der Waals surface area contributed by atoms with Gasteiger partial charge in [0.25, 0.3) is 0 Å². The number of carbonyl (C=O) groups is 1. The number of aliphatic imine (C=N–C) groups is 1. The van der Waals surface area contributed by atoms with E-state index in [-0.39, 0.29) is 24.0 Å². The Bertz CT molecular complexity index is 1050. The summed E-state index contributed by atoms with van der Waals surface area (Å²) in [6.45, 7) is 0.613. The van der Waals surface area contributed by atoms with Gasteiger partial charge in [-0.1, -0.05) is 30.3 Å². The first kappa shape index (κ1) is 21.2. The smallest absolute Gasteiger partial charge is 0.343 e. The lowest BCUT2D eigenvalue weighted by molar-refractivity contribution is -0.127. The number of hydrogen-bond acceptors (Lipinski definition) is 5. The number of alkyl halides is 3. The summed E-state index contributed by atoms with van der Waals surface area (Å²) in [6.07, 6.45) is -2.67. The Morgan fingerprint density at radius 3 is 2.61 bits per heavy atom. The molecule has 1 amide bonds. The summed E-state index contributed by atoms with van der Waals surface area (Å²) in [5.41, 5.74) is -0.0960. The number of hydrazine groups is 1. The lowest BCUT2D eigenvalue weighted by Gasteiger charge is -2.29. The van der Waals surface area contributed by atoms with Crippen LogP contribution in [-0.2, 0) is 4.79 Å². The normalized spacial score (nSPS) is 17.5. The molecule has 1 saturated heterocycles. The predicted octanol–water partition coefficient (Wildman–Crippen LogP) is 4.02. The Balaban J connectivity index is 1.54. The fraction of sp³-hybridized carbons (Fsp3) is 0.364. The molecule has 2 aliphatic heterocycles. The van der Waals surface area contributed by atoms with Crippen LogP contribution in [0.25, 0.3) is 10.8 Å². The van der Waals surface area contributed by atoms with Gasteiger partial charge >= 0.3 is 6.18 Å². The van der Waals surface area contributed by atoms with Crippen molar-refractivity contribution in [3.63, 3.8) is 0 Å². The number of halogens is 3. The van der Waals surface area contributed by atoms with Gasteiger partial charge in [-0.3, -0.25) is 9.80 Å². The number of anilines is 1. The summed E-state index contributed by atoms with van der Waals surface area (Å²) in [5, 5.41) is 6.08. The second-order valence-electron chi connectivity index (χ2n) is 7.76. The van der Waals surface area contributed by atoms with Crippen molar-refractivity contribution in [3.8, 4) is 0 Å². The number of hydrogen-bond donors (Lipinski definition) is 2. The Kier molecular flexibility index (Phi) is 5.86. The van der Waals surface area contributed by atoms with Crippen molar-refractivity contribution in [2.75, 3.05) is 25.0 Å². The molecule has 0 atom stereocenters. The number of allylic oxidation sites excluding steroid dienone is 1. The van der Waals surface area contributed by atoms with E-state index in [0.717, 1.165) is 22.2 Å². The highest BCUT2D eigenvalue weighted by molar-refractivity contribution is 5.97. The van der Waals surface area contributed by atoms with Gasteiger partial charge in [-0.25, -0.2) is 10.8 Å². The van der Waals surface area contributed by atoms with Crippen LogP contribution in [0.3, 0.4) is 0 Å². The maximum Gasteiger partial charge on any atom is 0.416 e. The molecule has 0 saturated carbocycles. The summed E-state index contributed by atoms with van der Waals surface area (Å²) >= 11 is 0. The Morgan fingerprint density at radius 1 is 1.13 bits per heavy atom. The fourth-order valence-corrected chi connectivity index (χ4v) is 3.93. The molecular weight excluding hydrogens is 407 g/mol. The second-order valence-corrected chi connectivity index (χ2v) is 7.76. The molecule has 31 heavy (non-hydrogen) atoms. The number of benzene rings is 2. The highest BCUT2D eigenvalue weighted by atomic mass is 19.4. The minimum absolute atomic E-state index is 0.0378. The molecule has 0 radical (unpaired) electrons. The van der Waals surface area contributed by atoms with Gasteiger partial charge in [0.2, 0.25) is 11.9 Å². The van der Waals surface area contributed by atoms with Crippen LogP contribution < -0.4 is 11.2 Å². The van der Waals surface area contributed by atoms with Gasteiger partial charge in [0, 0.05) is 25.2 Å². The van der Waals surface area contributed by atoms with Crippen molar-refractivity contribution in [2.24, 2.45) is 10.8 Å². The SMILES string of the molecule is NN1CC(C(F)(F)F)=C(CCCN2CCCC2=O)N=C1Nc1ccc2ccccc2c1. The lowest BCUT2D eigenvalue weighted by atomic mass is 10.1. The number of amides is 1. The van der Waals surface area contributed by atoms with E-state index in [4.69, 9.17) is 5.84 Å². The van der Waals surface area contributed by atoms with Gasteiger partial charge in [0.1, 0.15) is 0 Å². The van der Waals surface area contributed by atoms with Crippen molar-refractivity contribution in [1.29, 1.82) is 0 Å². The average Bonchev–Trinajstić information content (AvgIpc) is 3.14. The minimum atomic E-state index is -4.52. The Labute approximate surface area is 178 Å². The van der Waals surface area contributed by atoms with Gasteiger partial charge in [0.15, 0.2) is 0 Å². The van der Waals surface area contributed by atoms with Crippen LogP contribution >= 0.6 is 0 Å². The van der Waals surface area contributed by atoms with E-state index in [1.54, 1.807) is 4.90 Å². The summed E-state index contributed by atoms with van der Waals surface area (Å²) < 4.78 is 40.8. The van der Waals surface area contributed by atoms with Crippen LogP contribution in [0.4, 0.5) is 18.9 Å². The van der Waals surface area contributed by atoms with Gasteiger partial charge in [0.05, 0.1) is 17.8 Å². The summed E-state index contributed by atoms with van der Waals surface area (Å²) in [7, 11) is 0. The van der Waals surface area contributed by atoms with E-state index in [9.17, 15) is 18.0 Å². The van der Waals surface area contributed by atoms with Crippen molar-refractivity contribution in [2.45, 2.75) is 31.9 Å². The highest BCUT2D eigenvalue weighted by Gasteiger charge is 2.39. The molecule has 2 aromatic carbocycles. The molecule has 1 fully saturated rings. The van der Waals surface area contributed by atoms with Crippen molar-refractivity contribution < 1.29 is 18.0 Å². The maximum atomic E-state index is 13.6. The molecule has 164 valence electrons. The molecule has 0 spiro atoms. The zero-order chi connectivity index (χ0) is 22.0. The van der Waals surface area contributed by atoms with E-state index in [2.05, 4.69) is 10.3 Å². The standard InChI is InChI=1S/C22H24F3N5O/c23-22(24,25)18-14-30(26)21(27-17-10-9-15-5-1-2-6-16(15)13-17)28-19(18)7-3-11-29-12-4-8-20(29)31/h1-2,5-6,9-10,13H,3-4,7-8,11-12,14,26H2,(H,27,28). The monoisotopic (exact) mass is 431 g/mol. The number of likely N-dealkylation sites (tertiary alicyclic amines) is 1. The van der Waals surface area contributed by atoms with Gasteiger partial charge in [-0.2, -0.15) is 13.2 Å². The molecular formula is C22H24F3N5O. The highest BCUT2D eigenvalue weighted by Crippen LogP contribution is 2.33. The third-order valence-corrected chi connectivity index (χ3v) is 5.55. The third kappa shape index (κ3) is 4.82. The van der Waals surface area contributed by atoms with Crippen LogP contribution in [0.2, 0.25) is 0 Å². The van der Waals surface area contributed by atoms with Crippen molar-refractivity contribution >= 4 is 28.3 Å². The molecule has 0 bridgehead atoms. The number of carbonyl (C=O) groups excluding carboxylic acids is 1. The van der Waals surface area contributed by atoms with Gasteiger partial charge < -0.3 is 10.2 Å². The first-order valence-corrected chi connectivity index (χ1v) is 10.2. The molecule has 0 aliphatic carbocycles. The van der Waals surface area contributed by atoms with Crippen LogP contribution in [0.15, 0.2) is 58.7 Å². The number of fused-ring (bicyclic) bond motifs is 1. The van der Waals surface area contributed by atoms with Crippen molar-refractivity contribution in [1.82, 2.24) is 9.91 Å². The number of rotatable bonds is 5. The van der Waals surface area contributed by atoms with Gasteiger partial charge in [-0.05, 0) is 42.2 Å². The second kappa shape index (κ2) is 8.58. The topological polar surface area (TPSA) is 74.0 Å². The molecule has 9 heteroatoms. The van der Waals surface area contributed by atoms with Crippen LogP contribution in [-0.4, -0.2) is 47.6 Å². The zero-order valence-electron chi connectivity index (χ0n) is 17.0.